The highest BCUT2D eigenvalue weighted by Crippen LogP contribution is 2.34. The van der Waals surface area contributed by atoms with E-state index in [2.05, 4.69) is 0 Å². The smallest absolute Gasteiger partial charge is 0.379 e. The van der Waals surface area contributed by atoms with E-state index >= 15 is 0 Å². The van der Waals surface area contributed by atoms with E-state index in [4.69, 9.17) is 18.6 Å². The van der Waals surface area contributed by atoms with Gasteiger partial charge in [0.15, 0.2) is 0 Å². The quantitative estimate of drug-likeness (QED) is 0.0744. The maximum Gasteiger partial charge on any atom is 0.379 e. The Morgan fingerprint density at radius 1 is 0.725 bits per heavy atom. The predicted octanol–water partition coefficient (Wildman–Crippen LogP) is 7.15. The Morgan fingerprint density at radius 3 is 2.23 bits per heavy atom. The molecule has 3 aromatic carbocycles. The van der Waals surface area contributed by atoms with Crippen molar-refractivity contribution in [1.29, 1.82) is 0 Å². The largest absolute Gasteiger partial charge is 0.508 e. The molecule has 0 saturated heterocycles. The molecule has 0 aliphatic heterocycles. The Morgan fingerprint density at radius 2 is 1.48 bits per heavy atom. The molecular formula is C32H32O8. The summed E-state index contributed by atoms with van der Waals surface area (Å²) >= 11 is 0. The van der Waals surface area contributed by atoms with Crippen LogP contribution < -0.4 is 9.47 Å². The number of benzene rings is 3. The average Bonchev–Trinajstić information content (AvgIpc) is 3.51. The molecule has 8 heteroatoms. The molecule has 1 aromatic heterocycles. The SMILES string of the molecule is O=C(Oc1ccc(-c2ccccc2)c(OCCCCCCCCOC(=O)c2cc(O)ccc2O)c1)c1ccco1. The van der Waals surface area contributed by atoms with Crippen LogP contribution in [0.25, 0.3) is 11.1 Å². The molecule has 0 spiro atoms. The molecule has 0 aliphatic carbocycles. The lowest BCUT2D eigenvalue weighted by atomic mass is 10.0. The Bertz CT molecular complexity index is 1380. The van der Waals surface area contributed by atoms with E-state index in [0.717, 1.165) is 43.2 Å². The van der Waals surface area contributed by atoms with Crippen LogP contribution in [0.1, 0.15) is 59.4 Å². The second-order valence-electron chi connectivity index (χ2n) is 9.20. The third-order valence-corrected chi connectivity index (χ3v) is 6.20. The van der Waals surface area contributed by atoms with Crippen molar-refractivity contribution in [2.24, 2.45) is 0 Å². The summed E-state index contributed by atoms with van der Waals surface area (Å²) < 4.78 is 21.9. The van der Waals surface area contributed by atoms with Gasteiger partial charge in [0.2, 0.25) is 5.76 Å². The van der Waals surface area contributed by atoms with Gasteiger partial charge in [-0.3, -0.25) is 0 Å². The summed E-state index contributed by atoms with van der Waals surface area (Å²) in [6.07, 6.45) is 6.87. The zero-order valence-electron chi connectivity index (χ0n) is 22.1. The van der Waals surface area contributed by atoms with E-state index < -0.39 is 11.9 Å². The third-order valence-electron chi connectivity index (χ3n) is 6.20. The number of carbonyl (C=O) groups is 2. The normalized spacial score (nSPS) is 10.7. The van der Waals surface area contributed by atoms with Crippen molar-refractivity contribution in [2.45, 2.75) is 38.5 Å². The van der Waals surface area contributed by atoms with Gasteiger partial charge in [0.25, 0.3) is 0 Å². The van der Waals surface area contributed by atoms with Gasteiger partial charge in [0.05, 0.1) is 19.5 Å². The van der Waals surface area contributed by atoms with Gasteiger partial charge in [-0.2, -0.15) is 0 Å². The summed E-state index contributed by atoms with van der Waals surface area (Å²) in [5.41, 5.74) is 1.87. The van der Waals surface area contributed by atoms with Gasteiger partial charge >= 0.3 is 11.9 Å². The molecule has 4 aromatic rings. The minimum atomic E-state index is -0.653. The number of unbranched alkanes of at least 4 members (excludes halogenated alkanes) is 5. The first-order valence-electron chi connectivity index (χ1n) is 13.3. The van der Waals surface area contributed by atoms with Gasteiger partial charge in [0, 0.05) is 11.6 Å². The summed E-state index contributed by atoms with van der Waals surface area (Å²) in [7, 11) is 0. The summed E-state index contributed by atoms with van der Waals surface area (Å²) in [5, 5.41) is 19.2. The fourth-order valence-electron chi connectivity index (χ4n) is 4.12. The van der Waals surface area contributed by atoms with Crippen molar-refractivity contribution in [3.8, 4) is 34.1 Å². The molecule has 2 N–H and O–H groups in total. The number of hydrogen-bond donors (Lipinski definition) is 2. The minimum Gasteiger partial charge on any atom is -0.508 e. The van der Waals surface area contributed by atoms with E-state index in [1.54, 1.807) is 24.3 Å². The molecule has 0 aliphatic rings. The van der Waals surface area contributed by atoms with Crippen LogP contribution in [0.2, 0.25) is 0 Å². The third kappa shape index (κ3) is 8.14. The molecule has 0 radical (unpaired) electrons. The zero-order chi connectivity index (χ0) is 28.2. The van der Waals surface area contributed by atoms with E-state index in [1.165, 1.54) is 24.5 Å². The summed E-state index contributed by atoms with van der Waals surface area (Å²) in [6, 6.07) is 22.1. The van der Waals surface area contributed by atoms with Gasteiger partial charge in [-0.1, -0.05) is 56.0 Å². The first kappa shape index (κ1) is 28.3. The molecule has 0 fully saturated rings. The lowest BCUT2D eigenvalue weighted by molar-refractivity contribution is 0.0493. The molecule has 0 saturated carbocycles. The highest BCUT2D eigenvalue weighted by atomic mass is 16.5. The van der Waals surface area contributed by atoms with Gasteiger partial charge in [0.1, 0.15) is 28.6 Å². The van der Waals surface area contributed by atoms with Crippen molar-refractivity contribution in [3.63, 3.8) is 0 Å². The van der Waals surface area contributed by atoms with Crippen LogP contribution >= 0.6 is 0 Å². The van der Waals surface area contributed by atoms with Crippen molar-refractivity contribution in [1.82, 2.24) is 0 Å². The van der Waals surface area contributed by atoms with E-state index in [1.807, 2.05) is 36.4 Å². The number of hydrogen-bond acceptors (Lipinski definition) is 8. The van der Waals surface area contributed by atoms with E-state index in [-0.39, 0.29) is 29.4 Å². The Kier molecular flexibility index (Phi) is 10.2. The van der Waals surface area contributed by atoms with Gasteiger partial charge in [-0.05, 0) is 60.9 Å². The molecule has 0 bridgehead atoms. The molecular weight excluding hydrogens is 512 g/mol. The molecule has 40 heavy (non-hydrogen) atoms. The number of ether oxygens (including phenoxy) is 3. The number of phenols is 2. The molecule has 4 rings (SSSR count). The molecule has 208 valence electrons. The Labute approximate surface area is 232 Å². The molecule has 0 amide bonds. The Balaban J connectivity index is 1.19. The predicted molar refractivity (Wildman–Crippen MR) is 149 cm³/mol. The zero-order valence-corrected chi connectivity index (χ0v) is 22.1. The lowest BCUT2D eigenvalue weighted by Gasteiger charge is -2.14. The molecule has 0 atom stereocenters. The standard InChI is InChI=1S/C32H32O8/c33-24-14-17-28(34)27(21-24)31(35)39-19-9-4-2-1-3-8-18-38-30-22-25(40-32(36)29-13-10-20-37-29)15-16-26(30)23-11-6-5-7-12-23/h5-7,10-17,20-22,33-34H,1-4,8-9,18-19H2. The van der Waals surface area contributed by atoms with Crippen LogP contribution in [-0.4, -0.2) is 35.4 Å². The first-order chi connectivity index (χ1) is 19.5. The number of carbonyl (C=O) groups excluding carboxylic acids is 2. The van der Waals surface area contributed by atoms with E-state index in [0.29, 0.717) is 24.5 Å². The van der Waals surface area contributed by atoms with Crippen molar-refractivity contribution >= 4 is 11.9 Å². The van der Waals surface area contributed by atoms with Crippen molar-refractivity contribution < 1.29 is 38.4 Å². The second-order valence-corrected chi connectivity index (χ2v) is 9.20. The highest BCUT2D eigenvalue weighted by Gasteiger charge is 2.15. The fourth-order valence-corrected chi connectivity index (χ4v) is 4.12. The summed E-state index contributed by atoms with van der Waals surface area (Å²) in [4.78, 5) is 24.3. The topological polar surface area (TPSA) is 115 Å². The number of rotatable bonds is 14. The van der Waals surface area contributed by atoms with Crippen LogP contribution in [0.3, 0.4) is 0 Å². The monoisotopic (exact) mass is 544 g/mol. The van der Waals surface area contributed by atoms with E-state index in [9.17, 15) is 19.8 Å². The van der Waals surface area contributed by atoms with Crippen LogP contribution in [-0.2, 0) is 4.74 Å². The molecule has 1 heterocycles. The minimum absolute atomic E-state index is 0.0448. The fraction of sp³-hybridized carbons (Fsp3) is 0.250. The van der Waals surface area contributed by atoms with Crippen LogP contribution in [0.4, 0.5) is 0 Å². The van der Waals surface area contributed by atoms with Crippen molar-refractivity contribution in [2.75, 3.05) is 13.2 Å². The van der Waals surface area contributed by atoms with Gasteiger partial charge in [-0.15, -0.1) is 0 Å². The Hall–Kier alpha value is -4.72. The number of aromatic hydroxyl groups is 2. The van der Waals surface area contributed by atoms with Gasteiger partial charge in [-0.25, -0.2) is 9.59 Å². The van der Waals surface area contributed by atoms with Crippen LogP contribution in [0, 0.1) is 0 Å². The lowest BCUT2D eigenvalue weighted by Crippen LogP contribution is -2.07. The highest BCUT2D eigenvalue weighted by molar-refractivity contribution is 5.92. The first-order valence-corrected chi connectivity index (χ1v) is 13.3. The summed E-state index contributed by atoms with van der Waals surface area (Å²) in [6.45, 7) is 0.764. The molecule has 8 nitrogen and oxygen atoms in total. The number of phenolic OH excluding ortho intramolecular Hbond substituents is 2. The number of esters is 2. The average molecular weight is 545 g/mol. The summed E-state index contributed by atoms with van der Waals surface area (Å²) in [5.74, 6) is -0.417. The van der Waals surface area contributed by atoms with Crippen molar-refractivity contribution in [3.05, 3.63) is 96.4 Å². The maximum atomic E-state index is 12.3. The molecule has 0 unspecified atom stereocenters. The maximum absolute atomic E-state index is 12.3. The van der Waals surface area contributed by atoms with Crippen LogP contribution in [0.15, 0.2) is 89.5 Å². The second kappa shape index (κ2) is 14.4. The van der Waals surface area contributed by atoms with Gasteiger partial charge < -0.3 is 28.8 Å². The van der Waals surface area contributed by atoms with Crippen LogP contribution in [0.5, 0.6) is 23.0 Å². The number of furan rings is 1.